The first-order valence-electron chi connectivity index (χ1n) is 5.15. The van der Waals surface area contributed by atoms with Gasteiger partial charge in [0.25, 0.3) is 0 Å². The van der Waals surface area contributed by atoms with Crippen molar-refractivity contribution in [3.63, 3.8) is 0 Å². The molecule has 15 heavy (non-hydrogen) atoms. The Morgan fingerprint density at radius 1 is 1.40 bits per heavy atom. The molecule has 1 nitrogen and oxygen atoms in total. The van der Waals surface area contributed by atoms with E-state index in [4.69, 9.17) is 27.9 Å². The minimum absolute atomic E-state index is 0.384. The third-order valence-corrected chi connectivity index (χ3v) is 3.05. The van der Waals surface area contributed by atoms with Crippen LogP contribution in [0, 0.1) is 5.92 Å². The smallest absolute Gasteiger partial charge is 0.125 e. The van der Waals surface area contributed by atoms with E-state index < -0.39 is 0 Å². The Morgan fingerprint density at radius 3 is 2.73 bits per heavy atom. The number of alkyl halides is 1. The van der Waals surface area contributed by atoms with Crippen molar-refractivity contribution in [2.24, 2.45) is 5.92 Å². The van der Waals surface area contributed by atoms with E-state index in [0.717, 1.165) is 17.7 Å². The monoisotopic (exact) mass is 246 g/mol. The van der Waals surface area contributed by atoms with Crippen molar-refractivity contribution in [1.82, 2.24) is 0 Å². The molecule has 0 fully saturated rings. The standard InChI is InChI=1S/C12H16Cl2O/c1-3-9(2)8-15-12-6-4-5-11(14)10(12)7-13/h4-6,9H,3,7-8H2,1-2H3. The number of ether oxygens (including phenoxy) is 1. The maximum absolute atomic E-state index is 6.01. The fourth-order valence-electron chi connectivity index (χ4n) is 1.15. The number of hydrogen-bond acceptors (Lipinski definition) is 1. The van der Waals surface area contributed by atoms with Crippen molar-refractivity contribution in [2.45, 2.75) is 26.1 Å². The molecule has 1 aromatic carbocycles. The van der Waals surface area contributed by atoms with Crippen LogP contribution in [0.2, 0.25) is 5.02 Å². The van der Waals surface area contributed by atoms with Crippen LogP contribution in [0.3, 0.4) is 0 Å². The molecular formula is C12H16Cl2O. The minimum atomic E-state index is 0.384. The number of benzene rings is 1. The summed E-state index contributed by atoms with van der Waals surface area (Å²) in [5.41, 5.74) is 0.879. The highest BCUT2D eigenvalue weighted by Gasteiger charge is 2.08. The van der Waals surface area contributed by atoms with Gasteiger partial charge in [-0.15, -0.1) is 11.6 Å². The molecule has 0 spiro atoms. The Morgan fingerprint density at radius 2 is 2.13 bits per heavy atom. The molecule has 0 aliphatic carbocycles. The van der Waals surface area contributed by atoms with Gasteiger partial charge in [-0.1, -0.05) is 37.9 Å². The summed E-state index contributed by atoms with van der Waals surface area (Å²) >= 11 is 11.8. The van der Waals surface area contributed by atoms with Gasteiger partial charge in [0.05, 0.1) is 12.5 Å². The average molecular weight is 247 g/mol. The zero-order chi connectivity index (χ0) is 11.3. The Kier molecular flexibility index (Phi) is 5.27. The van der Waals surface area contributed by atoms with Crippen LogP contribution < -0.4 is 4.74 Å². The van der Waals surface area contributed by atoms with Gasteiger partial charge in [0.15, 0.2) is 0 Å². The van der Waals surface area contributed by atoms with Gasteiger partial charge in [-0.3, -0.25) is 0 Å². The van der Waals surface area contributed by atoms with Crippen molar-refractivity contribution in [2.75, 3.05) is 6.61 Å². The van der Waals surface area contributed by atoms with Gasteiger partial charge in [0.1, 0.15) is 5.75 Å². The fraction of sp³-hybridized carbons (Fsp3) is 0.500. The Balaban J connectivity index is 2.72. The Labute approximate surface area is 101 Å². The lowest BCUT2D eigenvalue weighted by atomic mass is 10.1. The predicted octanol–water partition coefficient (Wildman–Crippen LogP) is 4.50. The molecule has 1 aromatic rings. The molecular weight excluding hydrogens is 231 g/mol. The van der Waals surface area contributed by atoms with Gasteiger partial charge in [-0.05, 0) is 18.1 Å². The van der Waals surface area contributed by atoms with E-state index in [0.29, 0.717) is 23.4 Å². The molecule has 1 unspecified atom stereocenters. The molecule has 84 valence electrons. The summed E-state index contributed by atoms with van der Waals surface area (Å²) in [6.07, 6.45) is 1.11. The summed E-state index contributed by atoms with van der Waals surface area (Å²) in [5.74, 6) is 1.74. The van der Waals surface area contributed by atoms with Gasteiger partial charge in [-0.2, -0.15) is 0 Å². The third-order valence-electron chi connectivity index (χ3n) is 2.43. The maximum Gasteiger partial charge on any atom is 0.125 e. The van der Waals surface area contributed by atoms with Crippen molar-refractivity contribution in [1.29, 1.82) is 0 Å². The van der Waals surface area contributed by atoms with E-state index in [1.807, 2.05) is 18.2 Å². The molecule has 0 bridgehead atoms. The molecule has 0 aliphatic heterocycles. The lowest BCUT2D eigenvalue weighted by Crippen LogP contribution is -2.08. The minimum Gasteiger partial charge on any atom is -0.493 e. The zero-order valence-corrected chi connectivity index (χ0v) is 10.6. The lowest BCUT2D eigenvalue weighted by molar-refractivity contribution is 0.255. The largest absolute Gasteiger partial charge is 0.493 e. The summed E-state index contributed by atoms with van der Waals surface area (Å²) in [6.45, 7) is 5.01. The van der Waals surface area contributed by atoms with Crippen molar-refractivity contribution < 1.29 is 4.74 Å². The Hall–Kier alpha value is -0.400. The van der Waals surface area contributed by atoms with Crippen molar-refractivity contribution >= 4 is 23.2 Å². The van der Waals surface area contributed by atoms with E-state index >= 15 is 0 Å². The average Bonchev–Trinajstić information content (AvgIpc) is 2.25. The van der Waals surface area contributed by atoms with E-state index in [1.165, 1.54) is 0 Å². The van der Waals surface area contributed by atoms with Crippen molar-refractivity contribution in [3.05, 3.63) is 28.8 Å². The summed E-state index contributed by atoms with van der Waals surface area (Å²) in [7, 11) is 0. The number of rotatable bonds is 5. The summed E-state index contributed by atoms with van der Waals surface area (Å²) in [5, 5.41) is 0.673. The first-order chi connectivity index (χ1) is 7.19. The van der Waals surface area contributed by atoms with Gasteiger partial charge < -0.3 is 4.74 Å². The van der Waals surface area contributed by atoms with Crippen LogP contribution >= 0.6 is 23.2 Å². The second-order valence-electron chi connectivity index (χ2n) is 3.67. The normalized spacial score (nSPS) is 12.5. The molecule has 0 heterocycles. The lowest BCUT2D eigenvalue weighted by Gasteiger charge is -2.14. The highest BCUT2D eigenvalue weighted by molar-refractivity contribution is 6.32. The first-order valence-corrected chi connectivity index (χ1v) is 6.06. The van der Waals surface area contributed by atoms with E-state index in [9.17, 15) is 0 Å². The van der Waals surface area contributed by atoms with Crippen LogP contribution in [0.15, 0.2) is 18.2 Å². The molecule has 1 atom stereocenters. The van der Waals surface area contributed by atoms with Crippen LogP contribution in [0.1, 0.15) is 25.8 Å². The highest BCUT2D eigenvalue weighted by atomic mass is 35.5. The van der Waals surface area contributed by atoms with Crippen LogP contribution in [0.5, 0.6) is 5.75 Å². The zero-order valence-electron chi connectivity index (χ0n) is 9.09. The molecule has 0 aromatic heterocycles. The molecule has 0 aliphatic rings. The Bertz CT molecular complexity index is 312. The third kappa shape index (κ3) is 3.58. The SMILES string of the molecule is CCC(C)COc1cccc(Cl)c1CCl. The quantitative estimate of drug-likeness (QED) is 0.696. The van der Waals surface area contributed by atoms with Crippen molar-refractivity contribution in [3.8, 4) is 5.75 Å². The van der Waals surface area contributed by atoms with E-state index in [2.05, 4.69) is 13.8 Å². The van der Waals surface area contributed by atoms with Gasteiger partial charge >= 0.3 is 0 Å². The molecule has 0 N–H and O–H groups in total. The van der Waals surface area contributed by atoms with Gasteiger partial charge in [0.2, 0.25) is 0 Å². The second kappa shape index (κ2) is 6.24. The van der Waals surface area contributed by atoms with E-state index in [-0.39, 0.29) is 0 Å². The fourth-order valence-corrected chi connectivity index (χ4v) is 1.73. The summed E-state index contributed by atoms with van der Waals surface area (Å²) in [4.78, 5) is 0. The molecule has 1 rings (SSSR count). The summed E-state index contributed by atoms with van der Waals surface area (Å²) < 4.78 is 5.69. The van der Waals surface area contributed by atoms with Crippen LogP contribution in [0.25, 0.3) is 0 Å². The highest BCUT2D eigenvalue weighted by Crippen LogP contribution is 2.28. The topological polar surface area (TPSA) is 9.23 Å². The predicted molar refractivity (Wildman–Crippen MR) is 66.0 cm³/mol. The second-order valence-corrected chi connectivity index (χ2v) is 4.35. The molecule has 0 radical (unpaired) electrons. The molecule has 0 saturated carbocycles. The van der Waals surface area contributed by atoms with Crippen LogP contribution in [-0.2, 0) is 5.88 Å². The van der Waals surface area contributed by atoms with E-state index in [1.54, 1.807) is 0 Å². The first kappa shape index (κ1) is 12.7. The van der Waals surface area contributed by atoms with Crippen LogP contribution in [-0.4, -0.2) is 6.61 Å². The van der Waals surface area contributed by atoms with Crippen LogP contribution in [0.4, 0.5) is 0 Å². The molecule has 0 saturated heterocycles. The summed E-state index contributed by atoms with van der Waals surface area (Å²) in [6, 6.07) is 5.62. The van der Waals surface area contributed by atoms with Gasteiger partial charge in [0, 0.05) is 10.6 Å². The van der Waals surface area contributed by atoms with Gasteiger partial charge in [-0.25, -0.2) is 0 Å². The number of halogens is 2. The maximum atomic E-state index is 6.01. The number of hydrogen-bond donors (Lipinski definition) is 0. The molecule has 3 heteroatoms. The molecule has 0 amide bonds.